The molecular formula is C16H16FNO3. The zero-order valence-corrected chi connectivity index (χ0v) is 12.1. The first-order valence-corrected chi connectivity index (χ1v) is 6.34. The number of aryl methyl sites for hydroxylation is 1. The fourth-order valence-electron chi connectivity index (χ4n) is 1.92. The van der Waals surface area contributed by atoms with Gasteiger partial charge in [0.1, 0.15) is 17.3 Å². The number of hydrogen-bond donors (Lipinski definition) is 1. The van der Waals surface area contributed by atoms with Gasteiger partial charge in [0.05, 0.1) is 25.5 Å². The zero-order chi connectivity index (χ0) is 15.4. The highest BCUT2D eigenvalue weighted by Gasteiger charge is 2.14. The summed E-state index contributed by atoms with van der Waals surface area (Å²) in [5, 5.41) is 2.65. The van der Waals surface area contributed by atoms with Gasteiger partial charge in [-0.3, -0.25) is 4.79 Å². The number of ether oxygens (including phenoxy) is 2. The van der Waals surface area contributed by atoms with Gasteiger partial charge in [0.25, 0.3) is 5.91 Å². The lowest BCUT2D eigenvalue weighted by Gasteiger charge is -2.11. The molecule has 110 valence electrons. The van der Waals surface area contributed by atoms with Gasteiger partial charge in [0, 0.05) is 6.07 Å². The summed E-state index contributed by atoms with van der Waals surface area (Å²) in [6.07, 6.45) is 0. The molecule has 0 aliphatic rings. The van der Waals surface area contributed by atoms with E-state index in [2.05, 4.69) is 5.32 Å². The van der Waals surface area contributed by atoms with Crippen molar-refractivity contribution in [2.45, 2.75) is 6.92 Å². The van der Waals surface area contributed by atoms with E-state index in [-0.39, 0.29) is 5.56 Å². The Labute approximate surface area is 122 Å². The molecule has 0 aliphatic heterocycles. The molecule has 1 amide bonds. The van der Waals surface area contributed by atoms with Crippen molar-refractivity contribution >= 4 is 11.6 Å². The molecule has 0 heterocycles. The van der Waals surface area contributed by atoms with Crippen LogP contribution in [0.15, 0.2) is 36.4 Å². The molecule has 0 spiro atoms. The van der Waals surface area contributed by atoms with Crippen LogP contribution in [-0.2, 0) is 0 Å². The summed E-state index contributed by atoms with van der Waals surface area (Å²) in [5.74, 6) is -0.308. The van der Waals surface area contributed by atoms with Crippen molar-refractivity contribution in [1.82, 2.24) is 0 Å². The van der Waals surface area contributed by atoms with Crippen molar-refractivity contribution in [3.8, 4) is 11.5 Å². The Kier molecular flexibility index (Phi) is 4.42. The SMILES string of the molecule is COc1ccc(C(=O)Nc2cc(C)ccc2OC)c(F)c1. The minimum atomic E-state index is -0.640. The number of benzene rings is 2. The molecule has 4 nitrogen and oxygen atoms in total. The lowest BCUT2D eigenvalue weighted by atomic mass is 10.1. The number of nitrogens with one attached hydrogen (secondary N) is 1. The summed E-state index contributed by atoms with van der Waals surface area (Å²) < 4.78 is 24.0. The Morgan fingerprint density at radius 1 is 1.10 bits per heavy atom. The van der Waals surface area contributed by atoms with Crippen molar-refractivity contribution < 1.29 is 18.7 Å². The lowest BCUT2D eigenvalue weighted by molar-refractivity contribution is 0.102. The molecule has 0 atom stereocenters. The monoisotopic (exact) mass is 289 g/mol. The molecule has 2 aromatic carbocycles. The second-order valence-corrected chi connectivity index (χ2v) is 4.50. The van der Waals surface area contributed by atoms with E-state index in [1.54, 1.807) is 12.1 Å². The minimum absolute atomic E-state index is 0.0561. The number of carbonyl (C=O) groups is 1. The second-order valence-electron chi connectivity index (χ2n) is 4.50. The Bertz CT molecular complexity index is 671. The predicted octanol–water partition coefficient (Wildman–Crippen LogP) is 3.40. The van der Waals surface area contributed by atoms with E-state index in [0.29, 0.717) is 17.2 Å². The van der Waals surface area contributed by atoms with Crippen LogP contribution < -0.4 is 14.8 Å². The van der Waals surface area contributed by atoms with Gasteiger partial charge >= 0.3 is 0 Å². The van der Waals surface area contributed by atoms with Crippen LogP contribution >= 0.6 is 0 Å². The number of rotatable bonds is 4. The maximum Gasteiger partial charge on any atom is 0.258 e. The van der Waals surface area contributed by atoms with Crippen molar-refractivity contribution in [3.63, 3.8) is 0 Å². The van der Waals surface area contributed by atoms with Gasteiger partial charge < -0.3 is 14.8 Å². The van der Waals surface area contributed by atoms with Gasteiger partial charge in [0.15, 0.2) is 0 Å². The molecule has 1 N–H and O–H groups in total. The van der Waals surface area contributed by atoms with Gasteiger partial charge in [-0.2, -0.15) is 0 Å². The highest BCUT2D eigenvalue weighted by Crippen LogP contribution is 2.26. The average molecular weight is 289 g/mol. The molecule has 2 aromatic rings. The molecule has 0 bridgehead atoms. The predicted molar refractivity (Wildman–Crippen MR) is 78.6 cm³/mol. The minimum Gasteiger partial charge on any atom is -0.497 e. The molecular weight excluding hydrogens is 273 g/mol. The number of carbonyl (C=O) groups excluding carboxylic acids is 1. The van der Waals surface area contributed by atoms with Crippen molar-refractivity contribution in [2.24, 2.45) is 0 Å². The van der Waals surface area contributed by atoms with Crippen LogP contribution in [0.3, 0.4) is 0 Å². The quantitative estimate of drug-likeness (QED) is 0.938. The Hall–Kier alpha value is -2.56. The highest BCUT2D eigenvalue weighted by atomic mass is 19.1. The standard InChI is InChI=1S/C16H16FNO3/c1-10-4-7-15(21-3)14(8-10)18-16(19)12-6-5-11(20-2)9-13(12)17/h4-9H,1-3H3,(H,18,19). The largest absolute Gasteiger partial charge is 0.497 e. The molecule has 0 unspecified atom stereocenters. The second kappa shape index (κ2) is 6.26. The van der Waals surface area contributed by atoms with Crippen LogP contribution in [0.1, 0.15) is 15.9 Å². The number of hydrogen-bond acceptors (Lipinski definition) is 3. The molecule has 0 saturated carbocycles. The third kappa shape index (κ3) is 3.31. The Balaban J connectivity index is 2.28. The average Bonchev–Trinajstić information content (AvgIpc) is 2.47. The van der Waals surface area contributed by atoms with E-state index in [0.717, 1.165) is 5.56 Å². The summed E-state index contributed by atoms with van der Waals surface area (Å²) in [6.45, 7) is 1.89. The fourth-order valence-corrected chi connectivity index (χ4v) is 1.92. The fraction of sp³-hybridized carbons (Fsp3) is 0.188. The first-order valence-electron chi connectivity index (χ1n) is 6.34. The van der Waals surface area contributed by atoms with Gasteiger partial charge in [-0.1, -0.05) is 6.07 Å². The molecule has 0 radical (unpaired) electrons. The van der Waals surface area contributed by atoms with Crippen LogP contribution in [-0.4, -0.2) is 20.1 Å². The van der Waals surface area contributed by atoms with Gasteiger partial charge in [0.2, 0.25) is 0 Å². The Morgan fingerprint density at radius 3 is 2.48 bits per heavy atom. The first kappa shape index (κ1) is 14.8. The summed E-state index contributed by atoms with van der Waals surface area (Å²) in [7, 11) is 2.94. The molecule has 5 heteroatoms. The molecule has 2 rings (SSSR count). The van der Waals surface area contributed by atoms with Gasteiger partial charge in [-0.25, -0.2) is 4.39 Å². The van der Waals surface area contributed by atoms with Crippen LogP contribution in [0.25, 0.3) is 0 Å². The number of amides is 1. The molecule has 0 aromatic heterocycles. The van der Waals surface area contributed by atoms with Gasteiger partial charge in [-0.15, -0.1) is 0 Å². The van der Waals surface area contributed by atoms with Crippen LogP contribution in [0.2, 0.25) is 0 Å². The van der Waals surface area contributed by atoms with Crippen LogP contribution in [0.5, 0.6) is 11.5 Å². The molecule has 0 aliphatic carbocycles. The molecule has 21 heavy (non-hydrogen) atoms. The van der Waals surface area contributed by atoms with Crippen LogP contribution in [0, 0.1) is 12.7 Å². The smallest absolute Gasteiger partial charge is 0.258 e. The van der Waals surface area contributed by atoms with Crippen molar-refractivity contribution in [3.05, 3.63) is 53.3 Å². The Morgan fingerprint density at radius 2 is 1.86 bits per heavy atom. The zero-order valence-electron chi connectivity index (χ0n) is 12.1. The number of anilines is 1. The van der Waals surface area contributed by atoms with E-state index < -0.39 is 11.7 Å². The van der Waals surface area contributed by atoms with E-state index in [1.807, 2.05) is 13.0 Å². The van der Waals surface area contributed by atoms with E-state index in [9.17, 15) is 9.18 Å². The maximum absolute atomic E-state index is 13.9. The molecule has 0 fully saturated rings. The molecule has 0 saturated heterocycles. The summed E-state index contributed by atoms with van der Waals surface area (Å²) in [6, 6.07) is 9.45. The summed E-state index contributed by atoms with van der Waals surface area (Å²) >= 11 is 0. The van der Waals surface area contributed by atoms with Gasteiger partial charge in [-0.05, 0) is 36.8 Å². The number of halogens is 1. The van der Waals surface area contributed by atoms with Crippen LogP contribution in [0.4, 0.5) is 10.1 Å². The first-order chi connectivity index (χ1) is 10.0. The summed E-state index contributed by atoms with van der Waals surface area (Å²) in [4.78, 5) is 12.2. The van der Waals surface area contributed by atoms with E-state index in [4.69, 9.17) is 9.47 Å². The van der Waals surface area contributed by atoms with E-state index in [1.165, 1.54) is 32.4 Å². The summed E-state index contributed by atoms with van der Waals surface area (Å²) in [5.41, 5.74) is 1.40. The lowest BCUT2D eigenvalue weighted by Crippen LogP contribution is -2.14. The van der Waals surface area contributed by atoms with Crippen molar-refractivity contribution in [2.75, 3.05) is 19.5 Å². The maximum atomic E-state index is 13.9. The third-order valence-electron chi connectivity index (χ3n) is 3.02. The normalized spacial score (nSPS) is 10.1. The van der Waals surface area contributed by atoms with E-state index >= 15 is 0 Å². The topological polar surface area (TPSA) is 47.6 Å². The van der Waals surface area contributed by atoms with Crippen molar-refractivity contribution in [1.29, 1.82) is 0 Å². The third-order valence-corrected chi connectivity index (χ3v) is 3.02. The number of methoxy groups -OCH3 is 2. The highest BCUT2D eigenvalue weighted by molar-refractivity contribution is 6.05.